The maximum atomic E-state index is 14.1. The van der Waals surface area contributed by atoms with Crippen molar-refractivity contribution in [2.45, 2.75) is 73.7 Å². The van der Waals surface area contributed by atoms with Crippen LogP contribution < -0.4 is 0 Å². The fraction of sp³-hybridized carbons (Fsp3) is 1.00. The minimum absolute atomic E-state index is 0.0629. The maximum absolute atomic E-state index is 14.1. The topological polar surface area (TPSA) is 35.5 Å². The zero-order valence-corrected chi connectivity index (χ0v) is 18.3. The van der Waals surface area contributed by atoms with Gasteiger partial charge in [0.25, 0.3) is 0 Å². The lowest BCUT2D eigenvalue weighted by Crippen LogP contribution is -2.71. The number of thioether (sulfide) groups is 1. The Hall–Kier alpha value is -0.410. The van der Waals surface area contributed by atoms with Crippen molar-refractivity contribution in [3.05, 3.63) is 0 Å². The van der Waals surface area contributed by atoms with Crippen molar-refractivity contribution < 1.29 is 70.7 Å². The van der Waals surface area contributed by atoms with Crippen LogP contribution in [0.5, 0.6) is 0 Å². The lowest BCUT2D eigenvalue weighted by atomic mass is 9.93. The van der Waals surface area contributed by atoms with Crippen molar-refractivity contribution in [3.63, 3.8) is 0 Å². The van der Waals surface area contributed by atoms with E-state index in [1.54, 1.807) is 0 Å². The lowest BCUT2D eigenvalue weighted by molar-refractivity contribution is -0.439. The molecule has 194 valence electrons. The molecule has 0 aliphatic carbocycles. The zero-order chi connectivity index (χ0) is 26.2. The van der Waals surface area contributed by atoms with Crippen LogP contribution in [0.15, 0.2) is 0 Å². The smallest absolute Gasteiger partial charge is 0.308 e. The summed E-state index contributed by atoms with van der Waals surface area (Å²) in [6.45, 7) is 2.71. The van der Waals surface area contributed by atoms with Gasteiger partial charge in [-0.25, -0.2) is 0 Å². The van der Waals surface area contributed by atoms with Gasteiger partial charge in [0.15, 0.2) is 0 Å². The summed E-state index contributed by atoms with van der Waals surface area (Å²) in [5.41, 5.74) is 0. The minimum Gasteiger partial charge on any atom is -0.308 e. The predicted octanol–water partition coefficient (Wildman–Crippen LogP) is 7.46. The predicted molar refractivity (Wildman–Crippen MR) is 88.2 cm³/mol. The summed E-state index contributed by atoms with van der Waals surface area (Å²) in [5.74, 6) is -37.3. The molecule has 0 aromatic heterocycles. The first-order valence-corrected chi connectivity index (χ1v) is 11.0. The van der Waals surface area contributed by atoms with Crippen molar-refractivity contribution >= 4 is 19.4 Å². The average molecular weight is 544 g/mol. The molecule has 2 atom stereocenters. The highest BCUT2D eigenvalue weighted by Crippen LogP contribution is 2.63. The second kappa shape index (κ2) is 9.68. The molecule has 0 aliphatic rings. The molecule has 0 bridgehead atoms. The van der Waals surface area contributed by atoms with Crippen LogP contribution in [0.2, 0.25) is 0 Å². The zero-order valence-electron chi connectivity index (χ0n) is 16.6. The van der Waals surface area contributed by atoms with Crippen LogP contribution in [0.3, 0.4) is 0 Å². The van der Waals surface area contributed by atoms with Crippen molar-refractivity contribution in [3.8, 4) is 0 Å². The van der Waals surface area contributed by atoms with Gasteiger partial charge in [-0.2, -0.15) is 57.1 Å². The minimum atomic E-state index is -7.97. The first-order valence-electron chi connectivity index (χ1n) is 8.42. The van der Waals surface area contributed by atoms with Gasteiger partial charge in [0.1, 0.15) is 4.99 Å². The molecular formula is C14H18F13O3PS. The van der Waals surface area contributed by atoms with Crippen LogP contribution in [-0.4, -0.2) is 59.2 Å². The molecule has 0 radical (unpaired) electrons. The van der Waals surface area contributed by atoms with E-state index < -0.39 is 65.4 Å². The molecule has 0 heterocycles. The van der Waals surface area contributed by atoms with Crippen molar-refractivity contribution in [2.24, 2.45) is 0 Å². The Morgan fingerprint density at radius 1 is 0.688 bits per heavy atom. The van der Waals surface area contributed by atoms with E-state index in [1.807, 2.05) is 0 Å². The van der Waals surface area contributed by atoms with Gasteiger partial charge >= 0.3 is 43.4 Å². The van der Waals surface area contributed by atoms with Gasteiger partial charge in [0.2, 0.25) is 0 Å². The van der Waals surface area contributed by atoms with Gasteiger partial charge in [0, 0.05) is 0 Å². The summed E-state index contributed by atoms with van der Waals surface area (Å²) in [7, 11) is -4.33. The van der Waals surface area contributed by atoms with Crippen LogP contribution in [0.25, 0.3) is 0 Å². The second-order valence-electron chi connectivity index (χ2n) is 6.17. The van der Waals surface area contributed by atoms with Gasteiger partial charge in [-0.05, 0) is 27.7 Å². The average Bonchev–Trinajstić information content (AvgIpc) is 2.60. The summed E-state index contributed by atoms with van der Waals surface area (Å²) in [4.78, 5) is -1.79. The molecule has 0 N–H and O–H groups in total. The lowest BCUT2D eigenvalue weighted by Gasteiger charge is -2.41. The van der Waals surface area contributed by atoms with E-state index in [-0.39, 0.29) is 20.1 Å². The second-order valence-corrected chi connectivity index (χ2v) is 10.6. The third kappa shape index (κ3) is 5.14. The summed E-state index contributed by atoms with van der Waals surface area (Å²) in [6.07, 6.45) is -7.47. The Morgan fingerprint density at radius 2 is 1.03 bits per heavy atom. The van der Waals surface area contributed by atoms with Crippen LogP contribution in [0, 0.1) is 0 Å². The molecule has 0 saturated carbocycles. The molecule has 0 fully saturated rings. The first-order chi connectivity index (χ1) is 13.9. The van der Waals surface area contributed by atoms with E-state index in [0.29, 0.717) is 0 Å². The number of rotatable bonds is 12. The molecular weight excluding hydrogens is 526 g/mol. The summed E-state index contributed by atoms with van der Waals surface area (Å²) < 4.78 is 194. The van der Waals surface area contributed by atoms with Crippen molar-refractivity contribution in [1.29, 1.82) is 0 Å². The molecule has 2 unspecified atom stereocenters. The van der Waals surface area contributed by atoms with Crippen molar-refractivity contribution in [2.75, 3.05) is 13.2 Å². The van der Waals surface area contributed by atoms with Crippen LogP contribution in [0.4, 0.5) is 57.1 Å². The summed E-state index contributed by atoms with van der Waals surface area (Å²) in [6, 6.07) is 0. The van der Waals surface area contributed by atoms with E-state index in [4.69, 9.17) is 9.05 Å². The summed E-state index contributed by atoms with van der Waals surface area (Å²) in [5, 5.41) is -3.16. The number of halogens is 13. The number of hydrogen-bond donors (Lipinski definition) is 0. The standard InChI is InChI=1S/C14H18F13O3PS/c1-5-29-31(28,30-6-2)8(4)32-7(3)9(15,16)10(17,18)11(19,20)12(21,22)13(23,24)14(25,26)27/h7-8H,5-6H2,1-4H3. The van der Waals surface area contributed by atoms with Gasteiger partial charge < -0.3 is 9.05 Å². The largest absolute Gasteiger partial charge is 0.460 e. The first kappa shape index (κ1) is 31.6. The van der Waals surface area contributed by atoms with Crippen molar-refractivity contribution in [1.82, 2.24) is 0 Å². The van der Waals surface area contributed by atoms with Crippen LogP contribution >= 0.6 is 19.4 Å². The number of alkyl halides is 13. The fourth-order valence-corrected chi connectivity index (χ4v) is 5.73. The monoisotopic (exact) mass is 544 g/mol. The van der Waals surface area contributed by atoms with E-state index in [1.165, 1.54) is 13.8 Å². The Kier molecular flexibility index (Phi) is 9.56. The molecule has 0 aromatic rings. The quantitative estimate of drug-likeness (QED) is 0.189. The summed E-state index contributed by atoms with van der Waals surface area (Å²) >= 11 is -0.471. The third-order valence-corrected chi connectivity index (χ3v) is 8.30. The van der Waals surface area contributed by atoms with Gasteiger partial charge in [-0.3, -0.25) is 4.57 Å². The third-order valence-electron chi connectivity index (χ3n) is 3.93. The molecule has 0 aromatic carbocycles. The molecule has 0 saturated heterocycles. The number of hydrogen-bond acceptors (Lipinski definition) is 4. The Bertz CT molecular complexity index is 673. The Balaban J connectivity index is 6.20. The molecule has 18 heteroatoms. The highest BCUT2D eigenvalue weighted by Gasteiger charge is 2.91. The normalized spacial score (nSPS) is 17.4. The highest BCUT2D eigenvalue weighted by atomic mass is 32.2. The van der Waals surface area contributed by atoms with E-state index in [9.17, 15) is 61.6 Å². The molecule has 32 heavy (non-hydrogen) atoms. The molecule has 0 aliphatic heterocycles. The molecule has 0 amide bonds. The fourth-order valence-electron chi connectivity index (χ4n) is 2.10. The molecule has 0 spiro atoms. The van der Waals surface area contributed by atoms with E-state index in [0.717, 1.165) is 6.92 Å². The van der Waals surface area contributed by atoms with Crippen LogP contribution in [-0.2, 0) is 13.6 Å². The highest BCUT2D eigenvalue weighted by molar-refractivity contribution is 8.06. The van der Waals surface area contributed by atoms with Gasteiger partial charge in [0.05, 0.1) is 18.5 Å². The maximum Gasteiger partial charge on any atom is 0.460 e. The van der Waals surface area contributed by atoms with Gasteiger partial charge in [-0.15, -0.1) is 11.8 Å². The Labute approximate surface area is 177 Å². The van der Waals surface area contributed by atoms with Gasteiger partial charge in [-0.1, -0.05) is 0 Å². The SMILES string of the molecule is CCOP(=O)(OCC)C(C)SC(C)C(F)(F)C(F)(F)C(F)(F)C(F)(F)C(F)(F)C(F)(F)F. The van der Waals surface area contributed by atoms with E-state index >= 15 is 0 Å². The molecule has 3 nitrogen and oxygen atoms in total. The van der Waals surface area contributed by atoms with Crippen LogP contribution in [0.1, 0.15) is 27.7 Å². The van der Waals surface area contributed by atoms with E-state index in [2.05, 4.69) is 0 Å². The molecule has 0 rings (SSSR count). The Morgan fingerprint density at radius 3 is 1.34 bits per heavy atom.